The number of carbonyl (C=O) groups is 2. The van der Waals surface area contributed by atoms with E-state index in [1.54, 1.807) is 23.7 Å². The van der Waals surface area contributed by atoms with Gasteiger partial charge in [0.2, 0.25) is 5.91 Å². The van der Waals surface area contributed by atoms with Gasteiger partial charge in [-0.05, 0) is 24.1 Å². The number of pyridine rings is 1. The number of anilines is 2. The average Bonchev–Trinajstić information content (AvgIpc) is 2.76. The molecule has 0 radical (unpaired) electrons. The summed E-state index contributed by atoms with van der Waals surface area (Å²) in [6.45, 7) is 3.48. The van der Waals surface area contributed by atoms with E-state index in [9.17, 15) is 14.4 Å². The van der Waals surface area contributed by atoms with Crippen molar-refractivity contribution in [2.75, 3.05) is 23.8 Å². The van der Waals surface area contributed by atoms with Gasteiger partial charge in [-0.15, -0.1) is 0 Å². The standard InChI is InChI=1S/C22H25N5O4/c1-4-17(15-8-6-5-7-9-15)27-21-16(10-11-18(25-21)26(3)14(2)28)24-20(22(27)31)23-13-12-19(29)30/h5-11,17H,4,12-13H2,1-3H3,(H,23,24)(H,29,30)/t17-/m0/s1. The van der Waals surface area contributed by atoms with Crippen LogP contribution in [0.5, 0.6) is 0 Å². The van der Waals surface area contributed by atoms with Gasteiger partial charge >= 0.3 is 5.97 Å². The summed E-state index contributed by atoms with van der Waals surface area (Å²) in [4.78, 5) is 46.5. The molecule has 31 heavy (non-hydrogen) atoms. The molecule has 0 bridgehead atoms. The number of aliphatic carboxylic acids is 1. The Morgan fingerprint density at radius 3 is 2.48 bits per heavy atom. The molecule has 0 fully saturated rings. The zero-order valence-corrected chi connectivity index (χ0v) is 17.7. The van der Waals surface area contributed by atoms with Crippen LogP contribution in [0.4, 0.5) is 11.6 Å². The summed E-state index contributed by atoms with van der Waals surface area (Å²) in [7, 11) is 1.61. The summed E-state index contributed by atoms with van der Waals surface area (Å²) >= 11 is 0. The second kappa shape index (κ2) is 9.38. The zero-order chi connectivity index (χ0) is 22.5. The quantitative estimate of drug-likeness (QED) is 0.572. The van der Waals surface area contributed by atoms with E-state index >= 15 is 0 Å². The largest absolute Gasteiger partial charge is 0.481 e. The number of rotatable bonds is 8. The minimum absolute atomic E-state index is 0.0672. The van der Waals surface area contributed by atoms with Crippen LogP contribution in [0.1, 0.15) is 38.3 Å². The number of aromatic nitrogens is 3. The van der Waals surface area contributed by atoms with Gasteiger partial charge in [0.25, 0.3) is 5.56 Å². The summed E-state index contributed by atoms with van der Waals surface area (Å²) in [5.74, 6) is -0.680. The lowest BCUT2D eigenvalue weighted by Gasteiger charge is -2.22. The highest BCUT2D eigenvalue weighted by Gasteiger charge is 2.21. The maximum absolute atomic E-state index is 13.4. The van der Waals surface area contributed by atoms with Crippen LogP contribution in [0, 0.1) is 0 Å². The second-order valence-corrected chi connectivity index (χ2v) is 7.13. The highest BCUT2D eigenvalue weighted by Crippen LogP contribution is 2.25. The van der Waals surface area contributed by atoms with Gasteiger partial charge in [0, 0.05) is 20.5 Å². The predicted octanol–water partition coefficient (Wildman–Crippen LogP) is 2.66. The number of carboxylic acids is 1. The fourth-order valence-corrected chi connectivity index (χ4v) is 3.36. The van der Waals surface area contributed by atoms with E-state index in [4.69, 9.17) is 5.11 Å². The van der Waals surface area contributed by atoms with E-state index < -0.39 is 11.5 Å². The van der Waals surface area contributed by atoms with Gasteiger partial charge < -0.3 is 15.3 Å². The first-order valence-electron chi connectivity index (χ1n) is 10.0. The molecule has 0 aliphatic rings. The van der Waals surface area contributed by atoms with Gasteiger partial charge in [0.15, 0.2) is 11.5 Å². The van der Waals surface area contributed by atoms with Crippen LogP contribution in [0.2, 0.25) is 0 Å². The lowest BCUT2D eigenvalue weighted by atomic mass is 10.0. The first-order valence-corrected chi connectivity index (χ1v) is 10.0. The molecule has 1 aromatic carbocycles. The Hall–Kier alpha value is -3.75. The van der Waals surface area contributed by atoms with Gasteiger partial charge in [-0.25, -0.2) is 9.97 Å². The van der Waals surface area contributed by atoms with Crippen molar-refractivity contribution in [2.24, 2.45) is 0 Å². The number of amides is 1. The number of carboxylic acid groups (broad SMARTS) is 1. The Morgan fingerprint density at radius 1 is 1.16 bits per heavy atom. The molecule has 1 amide bonds. The fourth-order valence-electron chi connectivity index (χ4n) is 3.36. The van der Waals surface area contributed by atoms with Gasteiger partial charge in [-0.2, -0.15) is 0 Å². The summed E-state index contributed by atoms with van der Waals surface area (Å²) < 4.78 is 1.57. The van der Waals surface area contributed by atoms with E-state index in [0.717, 1.165) is 5.56 Å². The van der Waals surface area contributed by atoms with Crippen LogP contribution in [-0.2, 0) is 9.59 Å². The van der Waals surface area contributed by atoms with Crippen molar-refractivity contribution >= 4 is 34.7 Å². The minimum atomic E-state index is -0.970. The molecule has 2 heterocycles. The first-order chi connectivity index (χ1) is 14.8. The Labute approximate surface area is 179 Å². The number of carbonyl (C=O) groups excluding carboxylic acids is 1. The summed E-state index contributed by atoms with van der Waals surface area (Å²) in [5.41, 5.74) is 1.36. The molecule has 1 atom stereocenters. The third-order valence-electron chi connectivity index (χ3n) is 5.05. The molecule has 162 valence electrons. The van der Waals surface area contributed by atoms with Crippen molar-refractivity contribution in [3.63, 3.8) is 0 Å². The minimum Gasteiger partial charge on any atom is -0.481 e. The second-order valence-electron chi connectivity index (χ2n) is 7.13. The summed E-state index contributed by atoms with van der Waals surface area (Å²) in [6, 6.07) is 12.6. The van der Waals surface area contributed by atoms with E-state index in [2.05, 4.69) is 15.3 Å². The van der Waals surface area contributed by atoms with Crippen LogP contribution < -0.4 is 15.8 Å². The van der Waals surface area contributed by atoms with Crippen LogP contribution in [0.3, 0.4) is 0 Å². The maximum atomic E-state index is 13.4. The molecular formula is C22H25N5O4. The van der Waals surface area contributed by atoms with Crippen molar-refractivity contribution in [2.45, 2.75) is 32.7 Å². The number of nitrogens with zero attached hydrogens (tertiary/aromatic N) is 4. The molecule has 3 aromatic rings. The first kappa shape index (κ1) is 21.9. The predicted molar refractivity (Wildman–Crippen MR) is 118 cm³/mol. The monoisotopic (exact) mass is 423 g/mol. The Balaban J connectivity index is 2.23. The number of fused-ring (bicyclic) bond motifs is 1. The molecule has 0 spiro atoms. The zero-order valence-electron chi connectivity index (χ0n) is 17.7. The normalized spacial score (nSPS) is 11.8. The molecule has 9 heteroatoms. The molecule has 0 saturated heterocycles. The van der Waals surface area contributed by atoms with Crippen LogP contribution >= 0.6 is 0 Å². The van der Waals surface area contributed by atoms with Gasteiger partial charge in [0.05, 0.1) is 12.5 Å². The van der Waals surface area contributed by atoms with Gasteiger partial charge in [0.1, 0.15) is 11.3 Å². The third kappa shape index (κ3) is 4.71. The Kier molecular flexibility index (Phi) is 6.64. The Bertz CT molecular complexity index is 1160. The molecule has 9 nitrogen and oxygen atoms in total. The Morgan fingerprint density at radius 2 is 1.87 bits per heavy atom. The van der Waals surface area contributed by atoms with E-state index in [0.29, 0.717) is 23.4 Å². The molecule has 0 aliphatic carbocycles. The molecule has 0 unspecified atom stereocenters. The van der Waals surface area contributed by atoms with Crippen LogP contribution in [0.15, 0.2) is 47.3 Å². The number of hydrogen-bond donors (Lipinski definition) is 2. The highest BCUT2D eigenvalue weighted by molar-refractivity contribution is 5.91. The number of hydrogen-bond acceptors (Lipinski definition) is 6. The van der Waals surface area contributed by atoms with Crippen molar-refractivity contribution < 1.29 is 14.7 Å². The molecular weight excluding hydrogens is 398 g/mol. The average molecular weight is 423 g/mol. The molecule has 0 aliphatic heterocycles. The van der Waals surface area contributed by atoms with E-state index in [1.807, 2.05) is 37.3 Å². The molecule has 0 saturated carbocycles. The van der Waals surface area contributed by atoms with E-state index in [-0.39, 0.29) is 30.7 Å². The maximum Gasteiger partial charge on any atom is 0.305 e. The van der Waals surface area contributed by atoms with Crippen LogP contribution in [0.25, 0.3) is 11.2 Å². The highest BCUT2D eigenvalue weighted by atomic mass is 16.4. The summed E-state index contributed by atoms with van der Waals surface area (Å²) in [6.07, 6.45) is 0.474. The van der Waals surface area contributed by atoms with Gasteiger partial charge in [-0.1, -0.05) is 37.3 Å². The lowest BCUT2D eigenvalue weighted by Crippen LogP contribution is -2.31. The topological polar surface area (TPSA) is 117 Å². The molecule has 2 aromatic heterocycles. The SMILES string of the molecule is CC[C@@H](c1ccccc1)n1c(=O)c(NCCC(=O)O)nc2ccc(N(C)C(C)=O)nc21. The van der Waals surface area contributed by atoms with E-state index in [1.165, 1.54) is 11.8 Å². The van der Waals surface area contributed by atoms with Crippen LogP contribution in [-0.4, -0.2) is 45.1 Å². The third-order valence-corrected chi connectivity index (χ3v) is 5.05. The number of nitrogens with one attached hydrogen (secondary N) is 1. The van der Waals surface area contributed by atoms with Crippen molar-refractivity contribution in [1.82, 2.24) is 14.5 Å². The fraction of sp³-hybridized carbons (Fsp3) is 0.318. The van der Waals surface area contributed by atoms with Crippen molar-refractivity contribution in [3.8, 4) is 0 Å². The smallest absolute Gasteiger partial charge is 0.305 e. The number of benzene rings is 1. The van der Waals surface area contributed by atoms with Crippen molar-refractivity contribution in [1.29, 1.82) is 0 Å². The summed E-state index contributed by atoms with van der Waals surface area (Å²) in [5, 5.41) is 11.7. The molecule has 3 rings (SSSR count). The lowest BCUT2D eigenvalue weighted by molar-refractivity contribution is -0.136. The van der Waals surface area contributed by atoms with Crippen molar-refractivity contribution in [3.05, 3.63) is 58.4 Å². The van der Waals surface area contributed by atoms with Gasteiger partial charge in [-0.3, -0.25) is 19.0 Å². The molecule has 2 N–H and O–H groups in total.